The van der Waals surface area contributed by atoms with Crippen LogP contribution in [-0.4, -0.2) is 61.1 Å². The highest BCUT2D eigenvalue weighted by molar-refractivity contribution is 5.81. The molecule has 2 aromatic rings. The molecule has 0 aromatic carbocycles. The van der Waals surface area contributed by atoms with Gasteiger partial charge in [-0.15, -0.1) is 0 Å². The minimum atomic E-state index is -1.07. The SMILES string of the molecule is CCCNC[C@H]1O[C@@H](n2cnc3c(N)ncnc32)[C@@H](O)C1O. The van der Waals surface area contributed by atoms with Crippen LogP contribution in [-0.2, 0) is 4.74 Å². The Morgan fingerprint density at radius 3 is 2.91 bits per heavy atom. The number of anilines is 1. The Kier molecular flexibility index (Phi) is 4.21. The zero-order valence-electron chi connectivity index (χ0n) is 12.3. The van der Waals surface area contributed by atoms with Crippen LogP contribution in [0.25, 0.3) is 11.2 Å². The second-order valence-corrected chi connectivity index (χ2v) is 5.33. The topological polar surface area (TPSA) is 131 Å². The summed E-state index contributed by atoms with van der Waals surface area (Å²) in [6.45, 7) is 3.34. The number of nitrogens with two attached hydrogens (primary N) is 1. The van der Waals surface area contributed by atoms with Crippen LogP contribution >= 0.6 is 0 Å². The van der Waals surface area contributed by atoms with E-state index in [0.717, 1.165) is 13.0 Å². The van der Waals surface area contributed by atoms with Gasteiger partial charge in [-0.3, -0.25) is 4.57 Å². The largest absolute Gasteiger partial charge is 0.387 e. The number of aromatic nitrogens is 4. The number of nitrogen functional groups attached to an aromatic ring is 1. The number of rotatable bonds is 5. The third-order valence-electron chi connectivity index (χ3n) is 3.77. The van der Waals surface area contributed by atoms with Crippen LogP contribution in [0.2, 0.25) is 0 Å². The summed E-state index contributed by atoms with van der Waals surface area (Å²) in [5.41, 5.74) is 6.66. The minimum absolute atomic E-state index is 0.262. The first-order valence-corrected chi connectivity index (χ1v) is 7.28. The van der Waals surface area contributed by atoms with Crippen LogP contribution in [0.15, 0.2) is 12.7 Å². The van der Waals surface area contributed by atoms with Crippen LogP contribution in [0.4, 0.5) is 5.82 Å². The standard InChI is InChI=1S/C13H20N6O3/c1-2-3-15-4-7-9(20)10(21)13(22-7)19-6-18-8-11(14)16-5-17-12(8)19/h5-7,9-10,13,15,20-21H,2-4H2,1H3,(H2,14,16,17)/t7-,9?,10+,13-/m1/s1. The predicted molar refractivity (Wildman–Crippen MR) is 78.8 cm³/mol. The van der Waals surface area contributed by atoms with Gasteiger partial charge in [-0.05, 0) is 13.0 Å². The Labute approximate surface area is 127 Å². The average Bonchev–Trinajstić information content (AvgIpc) is 3.05. The Balaban J connectivity index is 1.83. The second-order valence-electron chi connectivity index (χ2n) is 5.33. The molecule has 0 aliphatic carbocycles. The van der Waals surface area contributed by atoms with Crippen molar-refractivity contribution in [1.82, 2.24) is 24.8 Å². The Bertz CT molecular complexity index is 648. The third-order valence-corrected chi connectivity index (χ3v) is 3.77. The molecular weight excluding hydrogens is 288 g/mol. The zero-order valence-corrected chi connectivity index (χ0v) is 12.3. The molecule has 1 unspecified atom stereocenters. The van der Waals surface area contributed by atoms with E-state index in [-0.39, 0.29) is 5.82 Å². The van der Waals surface area contributed by atoms with Gasteiger partial charge in [0.05, 0.1) is 6.33 Å². The highest BCUT2D eigenvalue weighted by Crippen LogP contribution is 2.31. The maximum Gasteiger partial charge on any atom is 0.167 e. The van der Waals surface area contributed by atoms with Crippen molar-refractivity contribution in [2.45, 2.75) is 37.9 Å². The molecule has 1 saturated heterocycles. The van der Waals surface area contributed by atoms with Gasteiger partial charge < -0.3 is 26.0 Å². The van der Waals surface area contributed by atoms with Crippen molar-refractivity contribution >= 4 is 17.0 Å². The number of ether oxygens (including phenoxy) is 1. The molecule has 0 amide bonds. The highest BCUT2D eigenvalue weighted by Gasteiger charge is 2.44. The van der Waals surface area contributed by atoms with Crippen molar-refractivity contribution in [3.63, 3.8) is 0 Å². The monoisotopic (exact) mass is 308 g/mol. The molecule has 9 heteroatoms. The molecule has 0 saturated carbocycles. The molecule has 4 atom stereocenters. The lowest BCUT2D eigenvalue weighted by Crippen LogP contribution is -2.37. The highest BCUT2D eigenvalue weighted by atomic mass is 16.6. The molecular formula is C13H20N6O3. The van der Waals surface area contributed by atoms with Crippen molar-refractivity contribution in [1.29, 1.82) is 0 Å². The lowest BCUT2D eigenvalue weighted by atomic mass is 10.1. The molecule has 120 valence electrons. The summed E-state index contributed by atoms with van der Waals surface area (Å²) in [4.78, 5) is 12.1. The fourth-order valence-electron chi connectivity index (χ4n) is 2.61. The summed E-state index contributed by atoms with van der Waals surface area (Å²) in [5, 5.41) is 23.6. The van der Waals surface area contributed by atoms with Gasteiger partial charge in [0.1, 0.15) is 30.2 Å². The molecule has 9 nitrogen and oxygen atoms in total. The fourth-order valence-corrected chi connectivity index (χ4v) is 2.61. The Hall–Kier alpha value is -1.81. The second kappa shape index (κ2) is 6.13. The molecule has 0 spiro atoms. The molecule has 0 radical (unpaired) electrons. The predicted octanol–water partition coefficient (Wildman–Crippen LogP) is -0.973. The third kappa shape index (κ3) is 2.52. The van der Waals surface area contributed by atoms with E-state index in [0.29, 0.717) is 17.7 Å². The van der Waals surface area contributed by atoms with E-state index >= 15 is 0 Å². The molecule has 2 aromatic heterocycles. The van der Waals surface area contributed by atoms with Crippen LogP contribution in [0.3, 0.4) is 0 Å². The first-order valence-electron chi connectivity index (χ1n) is 7.28. The summed E-state index contributed by atoms with van der Waals surface area (Å²) >= 11 is 0. The van der Waals surface area contributed by atoms with Crippen LogP contribution in [0, 0.1) is 0 Å². The van der Waals surface area contributed by atoms with Gasteiger partial charge >= 0.3 is 0 Å². The maximum absolute atomic E-state index is 10.3. The van der Waals surface area contributed by atoms with Crippen molar-refractivity contribution in [3.8, 4) is 0 Å². The molecule has 1 fully saturated rings. The summed E-state index contributed by atoms with van der Waals surface area (Å²) in [7, 11) is 0. The van der Waals surface area contributed by atoms with Gasteiger partial charge in [0.25, 0.3) is 0 Å². The van der Waals surface area contributed by atoms with E-state index in [1.807, 2.05) is 0 Å². The quantitative estimate of drug-likeness (QED) is 0.519. The molecule has 0 bridgehead atoms. The molecule has 22 heavy (non-hydrogen) atoms. The van der Waals surface area contributed by atoms with E-state index in [2.05, 4.69) is 27.2 Å². The number of nitrogens with zero attached hydrogens (tertiary/aromatic N) is 4. The molecule has 3 heterocycles. The number of aliphatic hydroxyl groups excluding tert-OH is 2. The van der Waals surface area contributed by atoms with E-state index < -0.39 is 24.5 Å². The average molecular weight is 308 g/mol. The van der Waals surface area contributed by atoms with Crippen molar-refractivity contribution in [2.75, 3.05) is 18.8 Å². The van der Waals surface area contributed by atoms with E-state index in [9.17, 15) is 10.2 Å². The van der Waals surface area contributed by atoms with Gasteiger partial charge in [-0.1, -0.05) is 6.92 Å². The van der Waals surface area contributed by atoms with Crippen LogP contribution in [0.1, 0.15) is 19.6 Å². The van der Waals surface area contributed by atoms with Gasteiger partial charge in [0.15, 0.2) is 17.7 Å². The fraction of sp³-hybridized carbons (Fsp3) is 0.615. The Morgan fingerprint density at radius 2 is 2.14 bits per heavy atom. The molecule has 3 rings (SSSR count). The normalized spacial score (nSPS) is 28.5. The first kappa shape index (κ1) is 15.1. The van der Waals surface area contributed by atoms with Crippen LogP contribution < -0.4 is 11.1 Å². The van der Waals surface area contributed by atoms with E-state index in [1.54, 1.807) is 4.57 Å². The summed E-state index contributed by atoms with van der Waals surface area (Å²) < 4.78 is 7.35. The first-order chi connectivity index (χ1) is 10.6. The Morgan fingerprint density at radius 1 is 1.32 bits per heavy atom. The van der Waals surface area contributed by atoms with Crippen LogP contribution in [0.5, 0.6) is 0 Å². The summed E-state index contributed by atoms with van der Waals surface area (Å²) in [5.74, 6) is 0.262. The molecule has 5 N–H and O–H groups in total. The molecule has 1 aliphatic rings. The summed E-state index contributed by atoms with van der Waals surface area (Å²) in [6.07, 6.45) is 0.488. The van der Waals surface area contributed by atoms with E-state index in [4.69, 9.17) is 10.5 Å². The van der Waals surface area contributed by atoms with E-state index in [1.165, 1.54) is 12.7 Å². The zero-order chi connectivity index (χ0) is 15.7. The number of hydrogen-bond donors (Lipinski definition) is 4. The van der Waals surface area contributed by atoms with Crippen molar-refractivity contribution in [2.24, 2.45) is 0 Å². The van der Waals surface area contributed by atoms with Gasteiger partial charge in [-0.25, -0.2) is 15.0 Å². The lowest BCUT2D eigenvalue weighted by molar-refractivity contribution is -0.0341. The number of aliphatic hydroxyl groups is 2. The molecule has 1 aliphatic heterocycles. The van der Waals surface area contributed by atoms with Crippen molar-refractivity contribution < 1.29 is 14.9 Å². The van der Waals surface area contributed by atoms with Gasteiger partial charge in [-0.2, -0.15) is 0 Å². The van der Waals surface area contributed by atoms with Gasteiger partial charge in [0, 0.05) is 6.54 Å². The van der Waals surface area contributed by atoms with Gasteiger partial charge in [0.2, 0.25) is 0 Å². The maximum atomic E-state index is 10.3. The van der Waals surface area contributed by atoms with Crippen molar-refractivity contribution in [3.05, 3.63) is 12.7 Å². The smallest absolute Gasteiger partial charge is 0.167 e. The minimum Gasteiger partial charge on any atom is -0.387 e. The number of imidazole rings is 1. The lowest BCUT2D eigenvalue weighted by Gasteiger charge is -2.16. The number of fused-ring (bicyclic) bond motifs is 1. The summed E-state index contributed by atoms with van der Waals surface area (Å²) in [6, 6.07) is 0. The number of hydrogen-bond acceptors (Lipinski definition) is 8. The number of nitrogens with one attached hydrogen (secondary N) is 1.